The number of aromatic nitrogens is 10. The molecule has 0 saturated carbocycles. The van der Waals surface area contributed by atoms with Crippen LogP contribution < -0.4 is 0 Å². The van der Waals surface area contributed by atoms with Crippen molar-refractivity contribution in [3.63, 3.8) is 0 Å². The standard InChI is InChI=1S/C51H33N5.C30H20N2.C21H14ClN3/c1-4-16-34(17-5-1)37-22-14-24-39(32-37)50-52-49(36-20-8-3-9-21-36)53-51(54-50)56-46-29-13-11-27-42(46)44-31-30-43-41-26-10-12-28-45(41)55(47(43)48(44)56)40-25-15-23-38(33-40)35-18-6-2-7-19-35;1-2-9-20(10-3-1)21-11-8-12-22(19-21)32-28-16-7-5-14-24(28)26-18-17-25-23-13-4-6-15-27(23)31-29(25)30(26)32;22-21-24-19(16-10-5-2-6-11-16)23-20(25-21)18-13-7-12-17(14-18)15-8-3-1-4-9-15/h1-33H;1-19,31H;1-14H. The van der Waals surface area contributed by atoms with E-state index < -0.39 is 0 Å². The molecule has 22 aromatic rings. The van der Waals surface area contributed by atoms with Crippen molar-refractivity contribution in [2.24, 2.45) is 0 Å². The Morgan fingerprint density at radius 3 is 0.956 bits per heavy atom. The Morgan fingerprint density at radius 2 is 0.504 bits per heavy atom. The fourth-order valence-corrected chi connectivity index (χ4v) is 16.1. The average molecular weight is 1470 g/mol. The number of benzene rings is 16. The molecule has 0 unspecified atom stereocenters. The summed E-state index contributed by atoms with van der Waals surface area (Å²) >= 11 is 6.14. The second-order valence-corrected chi connectivity index (χ2v) is 28.3. The minimum Gasteiger partial charge on any atom is -0.353 e. The maximum Gasteiger partial charge on any atom is 0.238 e. The molecule has 0 aliphatic rings. The van der Waals surface area contributed by atoms with Crippen LogP contribution in [0.1, 0.15) is 0 Å². The summed E-state index contributed by atoms with van der Waals surface area (Å²) in [6.07, 6.45) is 0. The molecular formula is C102H67ClN10. The lowest BCUT2D eigenvalue weighted by Crippen LogP contribution is -2.07. The number of halogens is 1. The highest BCUT2D eigenvalue weighted by molar-refractivity contribution is 6.28. The van der Waals surface area contributed by atoms with Crippen molar-refractivity contribution in [2.75, 3.05) is 0 Å². The van der Waals surface area contributed by atoms with E-state index in [4.69, 9.17) is 26.6 Å². The van der Waals surface area contributed by atoms with Gasteiger partial charge in [-0.25, -0.2) is 9.97 Å². The van der Waals surface area contributed by atoms with Crippen molar-refractivity contribution in [2.45, 2.75) is 0 Å². The van der Waals surface area contributed by atoms with E-state index in [0.29, 0.717) is 29.2 Å². The molecule has 0 saturated heterocycles. The SMILES string of the molecule is Clc1nc(-c2ccccc2)nc(-c2cccc(-c3ccccc3)c2)n1.c1ccc(-c2cccc(-c3nc(-c4ccccc4)nc(-n4c5ccccc5c5ccc6c7ccccc7n(-c7cccc(-c8ccccc8)c7)c6c54)n3)c2)cc1.c1ccc(-c2cccc(-n3c4ccccc4c4ccc5c6ccccc6[nH]c5c43)c2)cc1. The smallest absolute Gasteiger partial charge is 0.238 e. The van der Waals surface area contributed by atoms with E-state index in [-0.39, 0.29) is 5.28 Å². The van der Waals surface area contributed by atoms with Gasteiger partial charge in [0.2, 0.25) is 11.2 Å². The normalized spacial score (nSPS) is 11.4. The number of nitrogens with one attached hydrogen (secondary N) is 1. The summed E-state index contributed by atoms with van der Waals surface area (Å²) in [5.41, 5.74) is 24.3. The van der Waals surface area contributed by atoms with Crippen LogP contribution in [-0.2, 0) is 0 Å². The summed E-state index contributed by atoms with van der Waals surface area (Å²) in [6.45, 7) is 0. The number of fused-ring (bicyclic) bond motifs is 14. The largest absolute Gasteiger partial charge is 0.353 e. The van der Waals surface area contributed by atoms with Crippen LogP contribution >= 0.6 is 11.6 Å². The summed E-state index contributed by atoms with van der Waals surface area (Å²) < 4.78 is 7.08. The van der Waals surface area contributed by atoms with Crippen LogP contribution in [0.2, 0.25) is 5.28 Å². The van der Waals surface area contributed by atoms with Crippen LogP contribution in [-0.4, -0.2) is 48.6 Å². The molecule has 6 aromatic heterocycles. The summed E-state index contributed by atoms with van der Waals surface area (Å²) in [4.78, 5) is 32.7. The average Bonchev–Trinajstić information content (AvgIpc) is 1.55. The maximum atomic E-state index is 6.14. The fourth-order valence-electron chi connectivity index (χ4n) is 16.0. The zero-order chi connectivity index (χ0) is 75.1. The molecule has 22 rings (SSSR count). The van der Waals surface area contributed by atoms with Gasteiger partial charge in [0.15, 0.2) is 23.3 Å². The summed E-state index contributed by atoms with van der Waals surface area (Å²) in [6, 6.07) is 140. The van der Waals surface area contributed by atoms with Gasteiger partial charge in [-0.3, -0.25) is 4.57 Å². The summed E-state index contributed by atoms with van der Waals surface area (Å²) in [5, 5.41) is 9.86. The second-order valence-electron chi connectivity index (χ2n) is 28.0. The van der Waals surface area contributed by atoms with E-state index in [0.717, 1.165) is 94.0 Å². The highest BCUT2D eigenvalue weighted by Gasteiger charge is 2.25. The van der Waals surface area contributed by atoms with Crippen LogP contribution in [0.15, 0.2) is 400 Å². The number of rotatable bonds is 11. The van der Waals surface area contributed by atoms with Crippen molar-refractivity contribution in [3.05, 3.63) is 406 Å². The number of H-pyrrole nitrogens is 1. The lowest BCUT2D eigenvalue weighted by atomic mass is 10.0. The molecule has 0 aliphatic heterocycles. The Balaban J connectivity index is 0.000000122. The van der Waals surface area contributed by atoms with Crippen LogP contribution in [0.3, 0.4) is 0 Å². The molecule has 0 bridgehead atoms. The van der Waals surface area contributed by atoms with E-state index >= 15 is 0 Å². The van der Waals surface area contributed by atoms with Crippen LogP contribution in [0.4, 0.5) is 0 Å². The number of para-hydroxylation sites is 4. The Morgan fingerprint density at radius 1 is 0.204 bits per heavy atom. The van der Waals surface area contributed by atoms with Crippen molar-refractivity contribution >= 4 is 98.8 Å². The second kappa shape index (κ2) is 29.2. The van der Waals surface area contributed by atoms with Gasteiger partial charge in [0.25, 0.3) is 0 Å². The minimum atomic E-state index is 0.189. The van der Waals surface area contributed by atoms with Crippen LogP contribution in [0, 0.1) is 0 Å². The zero-order valence-corrected chi connectivity index (χ0v) is 61.8. The molecule has 6 heterocycles. The molecular weight excluding hydrogens is 1400 g/mol. The number of hydrogen-bond acceptors (Lipinski definition) is 6. The highest BCUT2D eigenvalue weighted by atomic mass is 35.5. The molecule has 10 nitrogen and oxygen atoms in total. The van der Waals surface area contributed by atoms with Gasteiger partial charge < -0.3 is 14.1 Å². The number of aromatic amines is 1. The van der Waals surface area contributed by atoms with Crippen molar-refractivity contribution in [1.29, 1.82) is 0 Å². The molecule has 0 atom stereocenters. The van der Waals surface area contributed by atoms with E-state index in [1.807, 2.05) is 84.9 Å². The third-order valence-corrected chi connectivity index (χ3v) is 21.3. The van der Waals surface area contributed by atoms with Gasteiger partial charge in [-0.2, -0.15) is 19.9 Å². The number of nitrogens with zero attached hydrogens (tertiary/aromatic N) is 9. The van der Waals surface area contributed by atoms with E-state index in [1.54, 1.807) is 0 Å². The Bertz CT molecular complexity index is 7300. The van der Waals surface area contributed by atoms with Gasteiger partial charge in [-0.05, 0) is 117 Å². The van der Waals surface area contributed by atoms with Gasteiger partial charge in [-0.15, -0.1) is 0 Å². The Kier molecular flexibility index (Phi) is 17.4. The molecule has 16 aromatic carbocycles. The molecule has 0 amide bonds. The quantitative estimate of drug-likeness (QED) is 0.138. The lowest BCUT2D eigenvalue weighted by Gasteiger charge is -2.14. The Hall–Kier alpha value is -15.0. The van der Waals surface area contributed by atoms with Crippen molar-refractivity contribution in [3.8, 4) is 107 Å². The summed E-state index contributed by atoms with van der Waals surface area (Å²) in [7, 11) is 0. The van der Waals surface area contributed by atoms with E-state index in [9.17, 15) is 0 Å². The highest BCUT2D eigenvalue weighted by Crippen LogP contribution is 2.44. The molecule has 0 radical (unpaired) electrons. The van der Waals surface area contributed by atoms with Crippen LogP contribution in [0.25, 0.3) is 195 Å². The maximum absolute atomic E-state index is 6.14. The van der Waals surface area contributed by atoms with Crippen LogP contribution in [0.5, 0.6) is 0 Å². The fraction of sp³-hybridized carbons (Fsp3) is 0. The molecule has 113 heavy (non-hydrogen) atoms. The monoisotopic (exact) mass is 1470 g/mol. The molecule has 0 spiro atoms. The van der Waals surface area contributed by atoms with Crippen molar-refractivity contribution < 1.29 is 0 Å². The minimum absolute atomic E-state index is 0.189. The molecule has 11 heteroatoms. The molecule has 0 fully saturated rings. The van der Waals surface area contributed by atoms with E-state index in [2.05, 4.69) is 349 Å². The predicted molar refractivity (Wildman–Crippen MR) is 467 cm³/mol. The first-order valence-corrected chi connectivity index (χ1v) is 38.1. The first-order valence-electron chi connectivity index (χ1n) is 37.8. The topological polar surface area (TPSA) is 108 Å². The molecule has 0 aliphatic carbocycles. The third kappa shape index (κ3) is 12.7. The van der Waals surface area contributed by atoms with Crippen molar-refractivity contribution in [1.82, 2.24) is 48.6 Å². The van der Waals surface area contributed by atoms with Gasteiger partial charge >= 0.3 is 0 Å². The third-order valence-electron chi connectivity index (χ3n) is 21.2. The van der Waals surface area contributed by atoms with E-state index in [1.165, 1.54) is 71.4 Å². The first kappa shape index (κ1) is 67.4. The Labute approximate surface area is 656 Å². The lowest BCUT2D eigenvalue weighted by molar-refractivity contribution is 0.953. The predicted octanol–water partition coefficient (Wildman–Crippen LogP) is 26.3. The molecule has 1 N–H and O–H groups in total. The van der Waals surface area contributed by atoms with Gasteiger partial charge in [-0.1, -0.05) is 340 Å². The van der Waals surface area contributed by atoms with Gasteiger partial charge in [0, 0.05) is 82.2 Å². The van der Waals surface area contributed by atoms with Gasteiger partial charge in [0.05, 0.1) is 38.6 Å². The first-order chi connectivity index (χ1) is 56.0. The number of hydrogen-bond donors (Lipinski definition) is 1. The zero-order valence-electron chi connectivity index (χ0n) is 61.0. The summed E-state index contributed by atoms with van der Waals surface area (Å²) in [5.74, 6) is 2.93. The van der Waals surface area contributed by atoms with Gasteiger partial charge in [0.1, 0.15) is 0 Å². The molecule has 532 valence electrons.